The summed E-state index contributed by atoms with van der Waals surface area (Å²) in [6.45, 7) is 3.44. The van der Waals surface area contributed by atoms with Crippen molar-refractivity contribution in [2.24, 2.45) is 5.16 Å². The van der Waals surface area contributed by atoms with E-state index in [0.29, 0.717) is 10.3 Å². The van der Waals surface area contributed by atoms with Gasteiger partial charge in [0.2, 0.25) is 0 Å². The van der Waals surface area contributed by atoms with Crippen LogP contribution in [0.2, 0.25) is 0 Å². The van der Waals surface area contributed by atoms with E-state index in [9.17, 15) is 4.39 Å². The maximum atomic E-state index is 13.9. The SMILES string of the molecule is Fc1cc(Br)cnc1N1CCC(=NOC2CCNCC2)CC1. The van der Waals surface area contributed by atoms with Crippen LogP contribution < -0.4 is 10.2 Å². The van der Waals surface area contributed by atoms with Gasteiger partial charge in [-0.15, -0.1) is 0 Å². The highest BCUT2D eigenvalue weighted by molar-refractivity contribution is 9.10. The van der Waals surface area contributed by atoms with Crippen molar-refractivity contribution < 1.29 is 9.23 Å². The summed E-state index contributed by atoms with van der Waals surface area (Å²) >= 11 is 3.23. The van der Waals surface area contributed by atoms with E-state index < -0.39 is 0 Å². The summed E-state index contributed by atoms with van der Waals surface area (Å²) < 4.78 is 14.6. The molecule has 22 heavy (non-hydrogen) atoms. The van der Waals surface area contributed by atoms with E-state index in [1.165, 1.54) is 6.07 Å². The molecule has 0 radical (unpaired) electrons. The molecule has 120 valence electrons. The third kappa shape index (κ3) is 3.95. The van der Waals surface area contributed by atoms with Gasteiger partial charge in [0, 0.05) is 36.6 Å². The van der Waals surface area contributed by atoms with Crippen LogP contribution in [0.5, 0.6) is 0 Å². The average molecular weight is 371 g/mol. The number of hydrogen-bond acceptors (Lipinski definition) is 5. The van der Waals surface area contributed by atoms with Gasteiger partial charge in [-0.05, 0) is 47.9 Å². The highest BCUT2D eigenvalue weighted by Gasteiger charge is 2.20. The number of hydrogen-bond donors (Lipinski definition) is 1. The molecule has 0 aromatic carbocycles. The quantitative estimate of drug-likeness (QED) is 0.831. The maximum Gasteiger partial charge on any atom is 0.166 e. The van der Waals surface area contributed by atoms with Gasteiger partial charge in [-0.2, -0.15) is 0 Å². The van der Waals surface area contributed by atoms with Crippen LogP contribution in [-0.4, -0.2) is 43.0 Å². The first-order valence-corrected chi connectivity index (χ1v) is 8.50. The Morgan fingerprint density at radius 1 is 1.32 bits per heavy atom. The first-order chi connectivity index (χ1) is 10.7. The number of nitrogens with one attached hydrogen (secondary N) is 1. The number of rotatable bonds is 3. The van der Waals surface area contributed by atoms with Crippen LogP contribution >= 0.6 is 15.9 Å². The lowest BCUT2D eigenvalue weighted by atomic mass is 10.1. The standard InChI is InChI=1S/C15H20BrFN4O/c16-11-9-14(17)15(19-10-11)21-7-3-12(4-8-21)20-22-13-1-5-18-6-2-13/h9-10,13,18H,1-8H2. The summed E-state index contributed by atoms with van der Waals surface area (Å²) in [4.78, 5) is 11.8. The van der Waals surface area contributed by atoms with Gasteiger partial charge < -0.3 is 15.1 Å². The molecule has 3 heterocycles. The molecule has 2 aliphatic rings. The topological polar surface area (TPSA) is 49.8 Å². The predicted molar refractivity (Wildman–Crippen MR) is 87.8 cm³/mol. The van der Waals surface area contributed by atoms with E-state index in [1.807, 2.05) is 4.90 Å². The lowest BCUT2D eigenvalue weighted by Crippen LogP contribution is -2.35. The van der Waals surface area contributed by atoms with Crippen LogP contribution in [0.25, 0.3) is 0 Å². The number of halogens is 2. The largest absolute Gasteiger partial charge is 0.392 e. The van der Waals surface area contributed by atoms with Crippen LogP contribution in [0.1, 0.15) is 25.7 Å². The first kappa shape index (κ1) is 15.7. The van der Waals surface area contributed by atoms with Crippen LogP contribution in [0, 0.1) is 5.82 Å². The Morgan fingerprint density at radius 3 is 2.73 bits per heavy atom. The number of piperidine rings is 2. The number of anilines is 1. The van der Waals surface area contributed by atoms with E-state index in [2.05, 4.69) is 31.4 Å². The Hall–Kier alpha value is -1.21. The molecule has 1 N–H and O–H groups in total. The molecular formula is C15H20BrFN4O. The third-order valence-electron chi connectivity index (χ3n) is 4.05. The Balaban J connectivity index is 1.53. The molecular weight excluding hydrogens is 351 g/mol. The Bertz CT molecular complexity index is 538. The summed E-state index contributed by atoms with van der Waals surface area (Å²) in [7, 11) is 0. The Labute approximate surface area is 138 Å². The fourth-order valence-corrected chi connectivity index (χ4v) is 3.06. The summed E-state index contributed by atoms with van der Waals surface area (Å²) in [6.07, 6.45) is 5.47. The summed E-state index contributed by atoms with van der Waals surface area (Å²) in [5.41, 5.74) is 1.06. The molecule has 2 saturated heterocycles. The minimum Gasteiger partial charge on any atom is -0.392 e. The second kappa shape index (κ2) is 7.37. The van der Waals surface area contributed by atoms with Crippen molar-refractivity contribution in [2.45, 2.75) is 31.8 Å². The molecule has 0 atom stereocenters. The number of aromatic nitrogens is 1. The molecule has 2 aliphatic heterocycles. The summed E-state index contributed by atoms with van der Waals surface area (Å²) in [5.74, 6) is 0.127. The normalized spacial score (nSPS) is 20.1. The van der Waals surface area contributed by atoms with E-state index in [-0.39, 0.29) is 11.9 Å². The van der Waals surface area contributed by atoms with Crippen molar-refractivity contribution in [3.63, 3.8) is 0 Å². The average Bonchev–Trinajstić information content (AvgIpc) is 2.55. The highest BCUT2D eigenvalue weighted by atomic mass is 79.9. The third-order valence-corrected chi connectivity index (χ3v) is 4.48. The zero-order valence-corrected chi connectivity index (χ0v) is 14.0. The van der Waals surface area contributed by atoms with Gasteiger partial charge in [0.05, 0.1) is 5.71 Å². The highest BCUT2D eigenvalue weighted by Crippen LogP contribution is 2.22. The minimum atomic E-state index is -0.291. The van der Waals surface area contributed by atoms with Crippen LogP contribution in [0.3, 0.4) is 0 Å². The van der Waals surface area contributed by atoms with Crippen molar-refractivity contribution in [2.75, 3.05) is 31.1 Å². The van der Waals surface area contributed by atoms with E-state index in [0.717, 1.165) is 57.6 Å². The second-order valence-corrected chi connectivity index (χ2v) is 6.57. The predicted octanol–water partition coefficient (Wildman–Crippen LogP) is 2.71. The van der Waals surface area contributed by atoms with Crippen molar-refractivity contribution >= 4 is 27.5 Å². The molecule has 2 fully saturated rings. The van der Waals surface area contributed by atoms with Gasteiger partial charge in [-0.3, -0.25) is 0 Å². The van der Waals surface area contributed by atoms with Crippen molar-refractivity contribution in [3.05, 3.63) is 22.6 Å². The molecule has 1 aromatic heterocycles. The van der Waals surface area contributed by atoms with Crippen molar-refractivity contribution in [3.8, 4) is 0 Å². The zero-order chi connectivity index (χ0) is 15.4. The van der Waals surface area contributed by atoms with Crippen LogP contribution in [0.15, 0.2) is 21.9 Å². The Morgan fingerprint density at radius 2 is 2.05 bits per heavy atom. The molecule has 0 saturated carbocycles. The van der Waals surface area contributed by atoms with Crippen LogP contribution in [0.4, 0.5) is 10.2 Å². The van der Waals surface area contributed by atoms with Crippen molar-refractivity contribution in [1.82, 2.24) is 10.3 Å². The van der Waals surface area contributed by atoms with Crippen LogP contribution in [-0.2, 0) is 4.84 Å². The lowest BCUT2D eigenvalue weighted by Gasteiger charge is -2.29. The van der Waals surface area contributed by atoms with Gasteiger partial charge >= 0.3 is 0 Å². The van der Waals surface area contributed by atoms with E-state index in [4.69, 9.17) is 4.84 Å². The molecule has 3 rings (SSSR count). The fourth-order valence-electron chi connectivity index (χ4n) is 2.76. The molecule has 1 aromatic rings. The fraction of sp³-hybridized carbons (Fsp3) is 0.600. The summed E-state index contributed by atoms with van der Waals surface area (Å²) in [6, 6.07) is 1.45. The molecule has 0 unspecified atom stereocenters. The molecule has 7 heteroatoms. The van der Waals surface area contributed by atoms with Gasteiger partial charge in [0.25, 0.3) is 0 Å². The molecule has 0 aliphatic carbocycles. The van der Waals surface area contributed by atoms with Crippen molar-refractivity contribution in [1.29, 1.82) is 0 Å². The molecule has 0 spiro atoms. The number of pyridine rings is 1. The van der Waals surface area contributed by atoms with Gasteiger partial charge in [0.15, 0.2) is 11.6 Å². The molecule has 5 nitrogen and oxygen atoms in total. The number of nitrogens with zero attached hydrogens (tertiary/aromatic N) is 3. The van der Waals surface area contributed by atoms with Gasteiger partial charge in [-0.25, -0.2) is 9.37 Å². The Kier molecular flexibility index (Phi) is 5.25. The zero-order valence-electron chi connectivity index (χ0n) is 12.4. The van der Waals surface area contributed by atoms with Gasteiger partial charge in [0.1, 0.15) is 6.10 Å². The van der Waals surface area contributed by atoms with E-state index >= 15 is 0 Å². The van der Waals surface area contributed by atoms with Gasteiger partial charge in [-0.1, -0.05) is 5.16 Å². The molecule has 0 bridgehead atoms. The first-order valence-electron chi connectivity index (χ1n) is 7.70. The monoisotopic (exact) mass is 370 g/mol. The van der Waals surface area contributed by atoms with E-state index in [1.54, 1.807) is 6.20 Å². The maximum absolute atomic E-state index is 13.9. The summed E-state index contributed by atoms with van der Waals surface area (Å²) in [5, 5.41) is 7.62. The number of oxime groups is 1. The minimum absolute atomic E-state index is 0.234. The molecule has 0 amide bonds. The lowest BCUT2D eigenvalue weighted by molar-refractivity contribution is 0.0368. The second-order valence-electron chi connectivity index (χ2n) is 5.66. The smallest absolute Gasteiger partial charge is 0.166 e.